The van der Waals surface area contributed by atoms with Crippen LogP contribution in [0.1, 0.15) is 12.8 Å². The van der Waals surface area contributed by atoms with Crippen LogP contribution in [-0.2, 0) is 9.59 Å². The Morgan fingerprint density at radius 1 is 0.889 bits per heavy atom. The van der Waals surface area contributed by atoms with E-state index in [0.717, 1.165) is 24.3 Å². The minimum Gasteiger partial charge on any atom is -0.353 e. The maximum atomic E-state index is 10.8. The molecule has 0 aliphatic rings. The molecule has 0 saturated carbocycles. The molecule has 6 heteroatoms. The second-order valence-corrected chi connectivity index (χ2v) is 6.04. The molecule has 0 aliphatic heterocycles. The molecule has 0 fully saturated rings. The molecular formula is C12H20N2O2S2. The molecule has 102 valence electrons. The van der Waals surface area contributed by atoms with Crippen molar-refractivity contribution in [1.82, 2.24) is 10.6 Å². The molecule has 18 heavy (non-hydrogen) atoms. The molecule has 0 bridgehead atoms. The second-order valence-electron chi connectivity index (χ2n) is 3.34. The molecule has 0 spiro atoms. The summed E-state index contributed by atoms with van der Waals surface area (Å²) in [7, 11) is 3.57. The summed E-state index contributed by atoms with van der Waals surface area (Å²) in [5.74, 6) is 1.76. The van der Waals surface area contributed by atoms with Crippen molar-refractivity contribution < 1.29 is 9.59 Å². The first-order valence-corrected chi connectivity index (χ1v) is 8.24. The third kappa shape index (κ3) is 11.6. The molecular weight excluding hydrogens is 268 g/mol. The van der Waals surface area contributed by atoms with Crippen molar-refractivity contribution in [2.24, 2.45) is 0 Å². The van der Waals surface area contributed by atoms with Crippen LogP contribution in [0.3, 0.4) is 0 Å². The van der Waals surface area contributed by atoms with E-state index in [1.807, 2.05) is 0 Å². The van der Waals surface area contributed by atoms with Crippen molar-refractivity contribution in [3.63, 3.8) is 0 Å². The molecule has 4 nitrogen and oxygen atoms in total. The first-order chi connectivity index (χ1) is 8.70. The minimum atomic E-state index is -0.120. The molecule has 0 aromatic heterocycles. The Morgan fingerprint density at radius 3 is 1.61 bits per heavy atom. The van der Waals surface area contributed by atoms with Gasteiger partial charge in [0.15, 0.2) is 0 Å². The van der Waals surface area contributed by atoms with Crippen molar-refractivity contribution >= 4 is 33.4 Å². The quantitative estimate of drug-likeness (QED) is 0.345. The molecule has 0 unspecified atom stereocenters. The fourth-order valence-corrected chi connectivity index (χ4v) is 3.12. The van der Waals surface area contributed by atoms with Crippen LogP contribution in [0.4, 0.5) is 0 Å². The van der Waals surface area contributed by atoms with Gasteiger partial charge < -0.3 is 10.6 Å². The molecule has 0 rings (SSSR count). The van der Waals surface area contributed by atoms with Gasteiger partial charge >= 0.3 is 0 Å². The lowest BCUT2D eigenvalue weighted by Crippen LogP contribution is -2.22. The van der Waals surface area contributed by atoms with Crippen molar-refractivity contribution in [2.75, 3.05) is 24.6 Å². The van der Waals surface area contributed by atoms with E-state index < -0.39 is 0 Å². The highest BCUT2D eigenvalue weighted by atomic mass is 33.1. The van der Waals surface area contributed by atoms with Crippen molar-refractivity contribution in [3.8, 4) is 0 Å². The summed E-state index contributed by atoms with van der Waals surface area (Å²) in [5, 5.41) is 5.45. The van der Waals surface area contributed by atoms with Gasteiger partial charge in [0.25, 0.3) is 0 Å². The number of carbonyl (C=O) groups is 2. The number of nitrogens with one attached hydrogen (secondary N) is 2. The van der Waals surface area contributed by atoms with Gasteiger partial charge in [-0.3, -0.25) is 9.59 Å². The molecule has 0 aromatic rings. The van der Waals surface area contributed by atoms with Crippen LogP contribution in [0.2, 0.25) is 0 Å². The van der Waals surface area contributed by atoms with Gasteiger partial charge in [-0.05, 0) is 25.0 Å². The van der Waals surface area contributed by atoms with Gasteiger partial charge in [-0.1, -0.05) is 34.7 Å². The van der Waals surface area contributed by atoms with Gasteiger partial charge in [0.05, 0.1) is 0 Å². The lowest BCUT2D eigenvalue weighted by molar-refractivity contribution is -0.117. The topological polar surface area (TPSA) is 58.2 Å². The Morgan fingerprint density at radius 2 is 1.28 bits per heavy atom. The summed E-state index contributed by atoms with van der Waals surface area (Å²) < 4.78 is 0. The zero-order valence-electron chi connectivity index (χ0n) is 10.4. The van der Waals surface area contributed by atoms with Crippen LogP contribution in [0.15, 0.2) is 25.3 Å². The number of rotatable bonds is 11. The van der Waals surface area contributed by atoms with Crippen LogP contribution in [0.25, 0.3) is 0 Å². The second kappa shape index (κ2) is 12.6. The largest absolute Gasteiger partial charge is 0.353 e. The van der Waals surface area contributed by atoms with Crippen LogP contribution < -0.4 is 10.6 Å². The average Bonchev–Trinajstić information content (AvgIpc) is 2.40. The Bertz CT molecular complexity index is 255. The van der Waals surface area contributed by atoms with Crippen LogP contribution in [-0.4, -0.2) is 36.4 Å². The Hall–Kier alpha value is -0.880. The summed E-state index contributed by atoms with van der Waals surface area (Å²) in [6, 6.07) is 0. The standard InChI is InChI=1S/C12H20N2O2S2/c1-3-11(15)13-7-5-9-17-18-10-6-8-14-12(16)4-2/h3-4H,1-2,5-10H2,(H,13,15)(H,14,16). The molecule has 0 radical (unpaired) electrons. The predicted octanol–water partition coefficient (Wildman–Crippen LogP) is 1.75. The SMILES string of the molecule is C=CC(=O)NCCCSSCCCNC(=O)C=C. The molecule has 0 aliphatic carbocycles. The van der Waals surface area contributed by atoms with Gasteiger partial charge in [-0.2, -0.15) is 0 Å². The Labute approximate surface area is 116 Å². The monoisotopic (exact) mass is 288 g/mol. The predicted molar refractivity (Wildman–Crippen MR) is 80.6 cm³/mol. The highest BCUT2D eigenvalue weighted by Crippen LogP contribution is 2.22. The van der Waals surface area contributed by atoms with Crippen LogP contribution in [0, 0.1) is 0 Å². The van der Waals surface area contributed by atoms with Crippen molar-refractivity contribution in [3.05, 3.63) is 25.3 Å². The average molecular weight is 288 g/mol. The van der Waals surface area contributed by atoms with Gasteiger partial charge in [-0.25, -0.2) is 0 Å². The first-order valence-electron chi connectivity index (χ1n) is 5.75. The summed E-state index contributed by atoms with van der Waals surface area (Å²) in [6.07, 6.45) is 4.45. The van der Waals surface area contributed by atoms with E-state index in [9.17, 15) is 9.59 Å². The number of amides is 2. The third-order valence-corrected chi connectivity index (χ3v) is 4.44. The zero-order valence-corrected chi connectivity index (χ0v) is 12.1. The van der Waals surface area contributed by atoms with Gasteiger partial charge in [-0.15, -0.1) is 0 Å². The number of hydrogen-bond donors (Lipinski definition) is 2. The fraction of sp³-hybridized carbons (Fsp3) is 0.500. The fourth-order valence-electron chi connectivity index (χ4n) is 0.948. The molecule has 2 amide bonds. The molecule has 2 N–H and O–H groups in total. The van der Waals surface area contributed by atoms with Crippen molar-refractivity contribution in [2.45, 2.75) is 12.8 Å². The van der Waals surface area contributed by atoms with Gasteiger partial charge in [0.1, 0.15) is 0 Å². The zero-order chi connectivity index (χ0) is 13.6. The molecule has 0 heterocycles. The smallest absolute Gasteiger partial charge is 0.243 e. The van der Waals surface area contributed by atoms with E-state index >= 15 is 0 Å². The molecule has 0 atom stereocenters. The lowest BCUT2D eigenvalue weighted by Gasteiger charge is -2.03. The Kier molecular flexibility index (Phi) is 12.0. The third-order valence-electron chi connectivity index (χ3n) is 1.86. The maximum Gasteiger partial charge on any atom is 0.243 e. The Balaban J connectivity index is 3.12. The highest BCUT2D eigenvalue weighted by molar-refractivity contribution is 8.76. The van der Waals surface area contributed by atoms with Crippen LogP contribution in [0.5, 0.6) is 0 Å². The van der Waals surface area contributed by atoms with Crippen LogP contribution >= 0.6 is 21.6 Å². The number of carbonyl (C=O) groups excluding carboxylic acids is 2. The van der Waals surface area contributed by atoms with Crippen molar-refractivity contribution in [1.29, 1.82) is 0 Å². The van der Waals surface area contributed by atoms with E-state index in [4.69, 9.17) is 0 Å². The van der Waals surface area contributed by atoms with Gasteiger partial charge in [0, 0.05) is 24.6 Å². The van der Waals surface area contributed by atoms with E-state index in [1.54, 1.807) is 21.6 Å². The summed E-state index contributed by atoms with van der Waals surface area (Å²) in [4.78, 5) is 21.6. The summed E-state index contributed by atoms with van der Waals surface area (Å²) in [6.45, 7) is 8.13. The summed E-state index contributed by atoms with van der Waals surface area (Å²) in [5.41, 5.74) is 0. The van der Waals surface area contributed by atoms with E-state index in [2.05, 4.69) is 23.8 Å². The summed E-state index contributed by atoms with van der Waals surface area (Å²) >= 11 is 0. The van der Waals surface area contributed by atoms with E-state index in [1.165, 1.54) is 12.2 Å². The molecule has 0 aromatic carbocycles. The lowest BCUT2D eigenvalue weighted by atomic mass is 10.4. The first kappa shape index (κ1) is 17.1. The molecule has 0 saturated heterocycles. The maximum absolute atomic E-state index is 10.8. The van der Waals surface area contributed by atoms with Gasteiger partial charge in [0.2, 0.25) is 11.8 Å². The minimum absolute atomic E-state index is 0.120. The van der Waals surface area contributed by atoms with E-state index in [0.29, 0.717) is 13.1 Å². The number of hydrogen-bond acceptors (Lipinski definition) is 4. The normalized spacial score (nSPS) is 9.56. The van der Waals surface area contributed by atoms with E-state index in [-0.39, 0.29) is 11.8 Å². The highest BCUT2D eigenvalue weighted by Gasteiger charge is 1.95.